The highest BCUT2D eigenvalue weighted by Gasteiger charge is 2.41. The Labute approximate surface area is 249 Å². The van der Waals surface area contributed by atoms with Crippen molar-refractivity contribution >= 4 is 23.5 Å². The second-order valence-corrected chi connectivity index (χ2v) is 10.8. The van der Waals surface area contributed by atoms with Gasteiger partial charge in [0.25, 0.3) is 12.3 Å². The number of aryl methyl sites for hydroxylation is 1. The van der Waals surface area contributed by atoms with Crippen molar-refractivity contribution in [2.24, 2.45) is 0 Å². The van der Waals surface area contributed by atoms with E-state index in [4.69, 9.17) is 29.1 Å². The molecular formula is C32H36N4O7. The fourth-order valence-electron chi connectivity index (χ4n) is 5.78. The van der Waals surface area contributed by atoms with E-state index in [1.165, 1.54) is 5.56 Å². The normalized spacial score (nSPS) is 18.3. The summed E-state index contributed by atoms with van der Waals surface area (Å²) in [7, 11) is 1.67. The molecule has 2 aromatic heterocycles. The first-order valence-corrected chi connectivity index (χ1v) is 14.2. The first-order chi connectivity index (χ1) is 20.8. The van der Waals surface area contributed by atoms with Gasteiger partial charge in [-0.15, -0.1) is 0 Å². The van der Waals surface area contributed by atoms with Crippen molar-refractivity contribution in [2.75, 3.05) is 26.8 Å². The molecule has 43 heavy (non-hydrogen) atoms. The lowest BCUT2D eigenvalue weighted by Crippen LogP contribution is -2.34. The summed E-state index contributed by atoms with van der Waals surface area (Å²) in [5.41, 5.74) is 4.92. The van der Waals surface area contributed by atoms with Crippen molar-refractivity contribution < 1.29 is 34.0 Å². The molecule has 0 spiro atoms. The zero-order valence-corrected chi connectivity index (χ0v) is 24.5. The van der Waals surface area contributed by atoms with Crippen LogP contribution in [0.2, 0.25) is 0 Å². The number of benzene rings is 2. The third-order valence-corrected chi connectivity index (χ3v) is 8.03. The number of ether oxygens (including phenoxy) is 3. The van der Waals surface area contributed by atoms with E-state index in [0.29, 0.717) is 25.6 Å². The summed E-state index contributed by atoms with van der Waals surface area (Å²) in [5.74, 6) is 1.05. The maximum atomic E-state index is 11.5. The maximum absolute atomic E-state index is 11.5. The molecule has 0 aliphatic carbocycles. The number of aromatic carboxylic acids is 1. The van der Waals surface area contributed by atoms with Crippen LogP contribution in [0.25, 0.3) is 11.0 Å². The molecule has 2 aliphatic heterocycles. The number of fused-ring (bicyclic) bond motifs is 2. The van der Waals surface area contributed by atoms with Crippen molar-refractivity contribution in [3.63, 3.8) is 0 Å². The van der Waals surface area contributed by atoms with Gasteiger partial charge >= 0.3 is 5.97 Å². The standard InChI is InChI=1S/C31H34N4O5.CH2O2/c1-20-7-9-23(18-32-20)31(2)39-27-6-4-5-24(29(27)40-31)21-11-13-34(14-12-21)19-28-33-25-10-8-22(30(36)37)17-26(25)35(28)15-16-38-3;2-1-3/h4-10,17-18,21H,11-16,19H2,1-3H3,(H,36,37);1H,(H,2,3). The molecule has 4 aromatic rings. The van der Waals surface area contributed by atoms with E-state index in [9.17, 15) is 9.90 Å². The molecule has 6 rings (SSSR count). The summed E-state index contributed by atoms with van der Waals surface area (Å²) in [6.07, 6.45) is 3.80. The fraction of sp³-hybridized carbons (Fsp3) is 0.375. The smallest absolute Gasteiger partial charge is 0.335 e. The minimum Gasteiger partial charge on any atom is -0.483 e. The van der Waals surface area contributed by atoms with Crippen LogP contribution < -0.4 is 9.47 Å². The minimum atomic E-state index is -0.942. The Balaban J connectivity index is 0.00000118. The molecule has 0 amide bonds. The van der Waals surface area contributed by atoms with Crippen LogP contribution in [0.1, 0.15) is 58.7 Å². The fourth-order valence-corrected chi connectivity index (χ4v) is 5.78. The number of carbonyl (C=O) groups is 2. The van der Waals surface area contributed by atoms with Gasteiger partial charge in [-0.05, 0) is 75.2 Å². The second-order valence-electron chi connectivity index (χ2n) is 10.8. The van der Waals surface area contributed by atoms with Gasteiger partial charge in [0.1, 0.15) is 5.82 Å². The van der Waals surface area contributed by atoms with E-state index in [2.05, 4.69) is 20.5 Å². The average molecular weight is 589 g/mol. The zero-order chi connectivity index (χ0) is 30.6. The van der Waals surface area contributed by atoms with Crippen LogP contribution in [-0.2, 0) is 28.4 Å². The highest BCUT2D eigenvalue weighted by atomic mass is 16.7. The third kappa shape index (κ3) is 6.32. The van der Waals surface area contributed by atoms with Crippen molar-refractivity contribution in [3.8, 4) is 11.5 Å². The third-order valence-electron chi connectivity index (χ3n) is 8.03. The molecule has 11 nitrogen and oxygen atoms in total. The molecule has 0 saturated carbocycles. The van der Waals surface area contributed by atoms with Crippen molar-refractivity contribution in [1.82, 2.24) is 19.4 Å². The molecule has 2 aromatic carbocycles. The first kappa shape index (κ1) is 30.0. The molecular weight excluding hydrogens is 552 g/mol. The highest BCUT2D eigenvalue weighted by Crippen LogP contribution is 2.49. The van der Waals surface area contributed by atoms with Crippen LogP contribution in [-0.4, -0.2) is 68.9 Å². The molecule has 1 fully saturated rings. The van der Waals surface area contributed by atoms with Crippen LogP contribution in [0.3, 0.4) is 0 Å². The molecule has 11 heteroatoms. The van der Waals surface area contributed by atoms with E-state index < -0.39 is 11.8 Å². The summed E-state index contributed by atoms with van der Waals surface area (Å²) < 4.78 is 20.2. The lowest BCUT2D eigenvalue weighted by atomic mass is 9.88. The van der Waals surface area contributed by atoms with Gasteiger partial charge < -0.3 is 29.0 Å². The molecule has 2 aliphatic rings. The molecule has 1 saturated heterocycles. The Bertz CT molecular complexity index is 1600. The van der Waals surface area contributed by atoms with Gasteiger partial charge in [-0.2, -0.15) is 0 Å². The summed E-state index contributed by atoms with van der Waals surface area (Å²) in [5, 5.41) is 16.4. The predicted molar refractivity (Wildman–Crippen MR) is 159 cm³/mol. The van der Waals surface area contributed by atoms with Crippen LogP contribution in [0.5, 0.6) is 11.5 Å². The van der Waals surface area contributed by atoms with Crippen molar-refractivity contribution in [3.05, 3.63) is 82.9 Å². The number of hydrogen-bond donors (Lipinski definition) is 2. The maximum Gasteiger partial charge on any atom is 0.335 e. The molecule has 226 valence electrons. The predicted octanol–water partition coefficient (Wildman–Crippen LogP) is 4.81. The Kier molecular flexibility index (Phi) is 8.93. The van der Waals surface area contributed by atoms with E-state index >= 15 is 0 Å². The first-order valence-electron chi connectivity index (χ1n) is 14.2. The van der Waals surface area contributed by atoms with Gasteiger partial charge in [0.05, 0.1) is 35.3 Å². The summed E-state index contributed by atoms with van der Waals surface area (Å²) in [4.78, 5) is 31.6. The van der Waals surface area contributed by atoms with E-state index in [0.717, 1.165) is 65.5 Å². The SMILES string of the molecule is COCCn1c(CN2CCC(c3cccc4c3OC(C)(c3ccc(C)nc3)O4)CC2)nc2ccc(C(=O)O)cc21.O=CO. The molecule has 2 N–H and O–H groups in total. The highest BCUT2D eigenvalue weighted by molar-refractivity contribution is 5.92. The van der Waals surface area contributed by atoms with E-state index in [1.54, 1.807) is 25.3 Å². The second kappa shape index (κ2) is 12.8. The summed E-state index contributed by atoms with van der Waals surface area (Å²) >= 11 is 0. The van der Waals surface area contributed by atoms with Gasteiger partial charge in [0.15, 0.2) is 11.5 Å². The molecule has 1 unspecified atom stereocenters. The quantitative estimate of drug-likeness (QED) is 0.276. The number of carboxylic acids is 1. The molecule has 0 bridgehead atoms. The van der Waals surface area contributed by atoms with E-state index in [-0.39, 0.29) is 12.0 Å². The molecule has 0 radical (unpaired) electrons. The van der Waals surface area contributed by atoms with Gasteiger partial charge in [-0.1, -0.05) is 12.1 Å². The molecule has 4 heterocycles. The van der Waals surface area contributed by atoms with Crippen LogP contribution >= 0.6 is 0 Å². The van der Waals surface area contributed by atoms with Crippen molar-refractivity contribution in [2.45, 2.75) is 51.5 Å². The van der Waals surface area contributed by atoms with Crippen LogP contribution in [0.4, 0.5) is 0 Å². The summed E-state index contributed by atoms with van der Waals surface area (Å²) in [6.45, 7) is 7.33. The minimum absolute atomic E-state index is 0.250. The van der Waals surface area contributed by atoms with Crippen LogP contribution in [0.15, 0.2) is 54.7 Å². The number of para-hydroxylation sites is 1. The largest absolute Gasteiger partial charge is 0.483 e. The topological polar surface area (TPSA) is 136 Å². The van der Waals surface area contributed by atoms with Gasteiger partial charge in [-0.3, -0.25) is 14.7 Å². The Morgan fingerprint density at radius 3 is 2.60 bits per heavy atom. The average Bonchev–Trinajstić information content (AvgIpc) is 3.53. The number of methoxy groups -OCH3 is 1. The lowest BCUT2D eigenvalue weighted by molar-refractivity contribution is -0.122. The van der Waals surface area contributed by atoms with E-state index in [1.807, 2.05) is 44.3 Å². The number of hydrogen-bond acceptors (Lipinski definition) is 8. The number of piperidine rings is 1. The van der Waals surface area contributed by atoms with Gasteiger partial charge in [0.2, 0.25) is 0 Å². The zero-order valence-electron chi connectivity index (χ0n) is 24.5. The number of pyridine rings is 1. The van der Waals surface area contributed by atoms with Crippen molar-refractivity contribution in [1.29, 1.82) is 0 Å². The Hall–Kier alpha value is -4.48. The monoisotopic (exact) mass is 588 g/mol. The molecule has 1 atom stereocenters. The number of likely N-dealkylation sites (tertiary alicyclic amines) is 1. The number of rotatable bonds is 8. The number of nitrogens with zero attached hydrogens (tertiary/aromatic N) is 4. The van der Waals surface area contributed by atoms with Crippen LogP contribution in [0, 0.1) is 6.92 Å². The lowest BCUT2D eigenvalue weighted by Gasteiger charge is -2.32. The Morgan fingerprint density at radius 1 is 1.16 bits per heavy atom. The number of carboxylic acid groups (broad SMARTS) is 2. The van der Waals surface area contributed by atoms with Gasteiger partial charge in [-0.25, -0.2) is 9.78 Å². The number of imidazole rings is 1. The summed E-state index contributed by atoms with van der Waals surface area (Å²) in [6, 6.07) is 15.3. The van der Waals surface area contributed by atoms with Gasteiger partial charge in [0, 0.05) is 38.0 Å². The Morgan fingerprint density at radius 2 is 1.93 bits per heavy atom. The number of aromatic nitrogens is 3.